The number of sulfonamides is 1. The molecule has 12 heteroatoms. The number of hydrogen-bond acceptors (Lipinski definition) is 8. The van der Waals surface area contributed by atoms with Crippen molar-refractivity contribution in [3.8, 4) is 28.4 Å². The first-order valence-electron chi connectivity index (χ1n) is 14.7. The molecule has 0 spiro atoms. The van der Waals surface area contributed by atoms with Gasteiger partial charge in [0, 0.05) is 37.4 Å². The standard InChI is InChI=1S/C34H36N4O7S/c1-43-28-15-14-24(23-8-4-9-25(20-23)34(40)38-18-7-19-38)21-31(28)46(41,42)37-27-11-5-10-26(22-27)35-16-17-36-33(39)32-29(44-2)12-6-13-30(32)45-3/h4-6,8-15,20-22,35,37H,7,16-19H2,1-3H3,(H,36,39). The van der Waals surface area contributed by atoms with Crippen molar-refractivity contribution in [2.24, 2.45) is 0 Å². The maximum absolute atomic E-state index is 13.6. The Balaban J connectivity index is 1.26. The molecule has 5 rings (SSSR count). The number of carbonyl (C=O) groups is 2. The second kappa shape index (κ2) is 14.2. The van der Waals surface area contributed by atoms with E-state index in [1.54, 1.807) is 77.7 Å². The van der Waals surface area contributed by atoms with Gasteiger partial charge in [0.15, 0.2) is 0 Å². The minimum absolute atomic E-state index is 0.0383. The maximum atomic E-state index is 13.6. The normalized spacial score (nSPS) is 12.5. The van der Waals surface area contributed by atoms with Gasteiger partial charge in [-0.3, -0.25) is 14.3 Å². The van der Waals surface area contributed by atoms with Gasteiger partial charge in [-0.05, 0) is 72.1 Å². The second-order valence-electron chi connectivity index (χ2n) is 10.5. The highest BCUT2D eigenvalue weighted by Crippen LogP contribution is 2.32. The topological polar surface area (TPSA) is 135 Å². The van der Waals surface area contributed by atoms with Crippen molar-refractivity contribution in [1.82, 2.24) is 10.2 Å². The summed E-state index contributed by atoms with van der Waals surface area (Å²) in [6, 6.07) is 24.0. The quantitative estimate of drug-likeness (QED) is 0.176. The van der Waals surface area contributed by atoms with Gasteiger partial charge in [0.1, 0.15) is 27.7 Å². The summed E-state index contributed by atoms with van der Waals surface area (Å²) < 4.78 is 45.9. The number of methoxy groups -OCH3 is 3. The van der Waals surface area contributed by atoms with E-state index < -0.39 is 10.0 Å². The summed E-state index contributed by atoms with van der Waals surface area (Å²) in [5.74, 6) is 0.600. The summed E-state index contributed by atoms with van der Waals surface area (Å²) in [5.41, 5.74) is 3.18. The van der Waals surface area contributed by atoms with E-state index in [4.69, 9.17) is 14.2 Å². The van der Waals surface area contributed by atoms with Crippen LogP contribution >= 0.6 is 0 Å². The summed E-state index contributed by atoms with van der Waals surface area (Å²) in [7, 11) is 0.302. The van der Waals surface area contributed by atoms with E-state index in [1.807, 2.05) is 6.07 Å². The molecule has 0 bridgehead atoms. The molecule has 1 heterocycles. The number of benzene rings is 4. The van der Waals surface area contributed by atoms with Crippen LogP contribution in [-0.2, 0) is 10.0 Å². The Morgan fingerprint density at radius 2 is 1.39 bits per heavy atom. The van der Waals surface area contributed by atoms with Crippen LogP contribution in [0.1, 0.15) is 27.1 Å². The largest absolute Gasteiger partial charge is 0.496 e. The molecule has 4 aromatic carbocycles. The van der Waals surface area contributed by atoms with Gasteiger partial charge in [-0.2, -0.15) is 0 Å². The van der Waals surface area contributed by atoms with Gasteiger partial charge >= 0.3 is 0 Å². The summed E-state index contributed by atoms with van der Waals surface area (Å²) >= 11 is 0. The van der Waals surface area contributed by atoms with Crippen LogP contribution < -0.4 is 29.6 Å². The molecule has 3 N–H and O–H groups in total. The predicted octanol–water partition coefficient (Wildman–Crippen LogP) is 4.87. The van der Waals surface area contributed by atoms with Crippen LogP contribution in [0.25, 0.3) is 11.1 Å². The van der Waals surface area contributed by atoms with Crippen LogP contribution in [0.5, 0.6) is 17.2 Å². The van der Waals surface area contributed by atoms with Gasteiger partial charge in [0.25, 0.3) is 21.8 Å². The average molecular weight is 645 g/mol. The molecule has 1 aliphatic heterocycles. The average Bonchev–Trinajstić information content (AvgIpc) is 3.05. The Bertz CT molecular complexity index is 1820. The van der Waals surface area contributed by atoms with E-state index in [1.165, 1.54) is 27.4 Å². The zero-order chi connectivity index (χ0) is 32.7. The summed E-state index contributed by atoms with van der Waals surface area (Å²) in [6.45, 7) is 2.14. The van der Waals surface area contributed by atoms with Gasteiger partial charge in [-0.1, -0.05) is 30.3 Å². The number of hydrogen-bond donors (Lipinski definition) is 3. The molecule has 0 unspecified atom stereocenters. The molecule has 0 atom stereocenters. The van der Waals surface area contributed by atoms with Crippen LogP contribution in [0.2, 0.25) is 0 Å². The molecule has 0 aliphatic carbocycles. The highest BCUT2D eigenvalue weighted by Gasteiger charge is 2.24. The van der Waals surface area contributed by atoms with Crippen LogP contribution in [0.4, 0.5) is 11.4 Å². The molecular formula is C34H36N4O7S. The smallest absolute Gasteiger partial charge is 0.265 e. The molecular weight excluding hydrogens is 608 g/mol. The zero-order valence-corrected chi connectivity index (χ0v) is 26.6. The Morgan fingerprint density at radius 3 is 2.07 bits per heavy atom. The SMILES string of the molecule is COc1ccc(-c2cccc(C(=O)N3CCC3)c2)cc1S(=O)(=O)Nc1cccc(NCCNC(=O)c2c(OC)cccc2OC)c1. The molecule has 46 heavy (non-hydrogen) atoms. The van der Waals surface area contributed by atoms with Crippen LogP contribution in [0.3, 0.4) is 0 Å². The van der Waals surface area contributed by atoms with Gasteiger partial charge in [-0.25, -0.2) is 8.42 Å². The number of likely N-dealkylation sites (tertiary alicyclic amines) is 1. The lowest BCUT2D eigenvalue weighted by Crippen LogP contribution is -2.41. The Morgan fingerprint density at radius 1 is 0.739 bits per heavy atom. The van der Waals surface area contributed by atoms with E-state index in [2.05, 4.69) is 15.4 Å². The molecule has 0 saturated carbocycles. The number of nitrogens with zero attached hydrogens (tertiary/aromatic N) is 1. The lowest BCUT2D eigenvalue weighted by atomic mass is 10.0. The Kier molecular flexibility index (Phi) is 9.97. The molecule has 240 valence electrons. The fraction of sp³-hybridized carbons (Fsp3) is 0.235. The van der Waals surface area contributed by atoms with Crippen molar-refractivity contribution in [3.63, 3.8) is 0 Å². The highest BCUT2D eigenvalue weighted by molar-refractivity contribution is 7.92. The minimum atomic E-state index is -4.08. The molecule has 1 saturated heterocycles. The molecule has 0 radical (unpaired) electrons. The third kappa shape index (κ3) is 7.18. The molecule has 2 amide bonds. The predicted molar refractivity (Wildman–Crippen MR) is 177 cm³/mol. The zero-order valence-electron chi connectivity index (χ0n) is 25.8. The summed E-state index contributed by atoms with van der Waals surface area (Å²) in [4.78, 5) is 27.3. The van der Waals surface area contributed by atoms with Crippen LogP contribution in [0.15, 0.2) is 89.8 Å². The summed E-state index contributed by atoms with van der Waals surface area (Å²) in [6.07, 6.45) is 0.996. The monoisotopic (exact) mass is 644 g/mol. The molecule has 4 aromatic rings. The Hall–Kier alpha value is -5.23. The molecule has 1 fully saturated rings. The van der Waals surface area contributed by atoms with Crippen molar-refractivity contribution in [3.05, 3.63) is 96.1 Å². The number of anilines is 2. The first kappa shape index (κ1) is 32.2. The first-order chi connectivity index (χ1) is 22.2. The van der Waals surface area contributed by atoms with Crippen molar-refractivity contribution >= 4 is 33.2 Å². The van der Waals surface area contributed by atoms with Gasteiger partial charge < -0.3 is 29.7 Å². The third-order valence-corrected chi connectivity index (χ3v) is 8.95. The van der Waals surface area contributed by atoms with Crippen molar-refractivity contribution in [2.45, 2.75) is 11.3 Å². The lowest BCUT2D eigenvalue weighted by molar-refractivity contribution is 0.0651. The lowest BCUT2D eigenvalue weighted by Gasteiger charge is -2.31. The molecule has 11 nitrogen and oxygen atoms in total. The third-order valence-electron chi connectivity index (χ3n) is 7.55. The first-order valence-corrected chi connectivity index (χ1v) is 16.2. The second-order valence-corrected chi connectivity index (χ2v) is 12.1. The maximum Gasteiger partial charge on any atom is 0.265 e. The van der Waals surface area contributed by atoms with E-state index in [0.717, 1.165) is 19.5 Å². The van der Waals surface area contributed by atoms with Crippen molar-refractivity contribution in [1.29, 1.82) is 0 Å². The van der Waals surface area contributed by atoms with Gasteiger partial charge in [0.05, 0.1) is 27.0 Å². The van der Waals surface area contributed by atoms with Crippen LogP contribution in [-0.4, -0.2) is 72.6 Å². The number of rotatable bonds is 13. The van der Waals surface area contributed by atoms with Crippen molar-refractivity contribution in [2.75, 3.05) is 57.5 Å². The number of ether oxygens (including phenoxy) is 3. The number of amides is 2. The number of carbonyl (C=O) groups excluding carboxylic acids is 2. The van der Waals surface area contributed by atoms with E-state index in [9.17, 15) is 18.0 Å². The van der Waals surface area contributed by atoms with Crippen LogP contribution in [0, 0.1) is 0 Å². The van der Waals surface area contributed by atoms with E-state index in [-0.39, 0.29) is 29.0 Å². The van der Waals surface area contributed by atoms with E-state index in [0.29, 0.717) is 51.7 Å². The Labute approximate surface area is 268 Å². The number of nitrogens with one attached hydrogen (secondary N) is 3. The summed E-state index contributed by atoms with van der Waals surface area (Å²) in [5, 5.41) is 6.03. The van der Waals surface area contributed by atoms with E-state index >= 15 is 0 Å². The molecule has 0 aromatic heterocycles. The minimum Gasteiger partial charge on any atom is -0.496 e. The fourth-order valence-corrected chi connectivity index (χ4v) is 6.29. The van der Waals surface area contributed by atoms with Gasteiger partial charge in [-0.15, -0.1) is 0 Å². The molecule has 1 aliphatic rings. The van der Waals surface area contributed by atoms with Gasteiger partial charge in [0.2, 0.25) is 0 Å². The fourth-order valence-electron chi connectivity index (χ4n) is 5.05. The highest BCUT2D eigenvalue weighted by atomic mass is 32.2. The van der Waals surface area contributed by atoms with Crippen molar-refractivity contribution < 1.29 is 32.2 Å².